The quantitative estimate of drug-likeness (QED) is 0.728. The van der Waals surface area contributed by atoms with Gasteiger partial charge >= 0.3 is 0 Å². The van der Waals surface area contributed by atoms with Crippen LogP contribution in [0.4, 0.5) is 0 Å². The van der Waals surface area contributed by atoms with E-state index < -0.39 is 6.04 Å². The summed E-state index contributed by atoms with van der Waals surface area (Å²) in [7, 11) is 3.18. The van der Waals surface area contributed by atoms with Gasteiger partial charge < -0.3 is 24.6 Å². The second-order valence-corrected chi connectivity index (χ2v) is 8.55. The van der Waals surface area contributed by atoms with E-state index in [1.54, 1.807) is 30.9 Å². The molecular formula is C21H31N3O4S. The second-order valence-electron chi connectivity index (χ2n) is 7.44. The van der Waals surface area contributed by atoms with Gasteiger partial charge in [-0.2, -0.15) is 0 Å². The first-order valence-corrected chi connectivity index (χ1v) is 11.2. The van der Waals surface area contributed by atoms with Crippen molar-refractivity contribution in [1.82, 2.24) is 15.1 Å². The second kappa shape index (κ2) is 10.2. The molecule has 2 aliphatic heterocycles. The molecule has 1 aromatic carbocycles. The average molecular weight is 422 g/mol. The minimum atomic E-state index is -0.461. The number of thioether (sulfide) groups is 1. The third kappa shape index (κ3) is 5.17. The molecule has 2 aliphatic rings. The van der Waals surface area contributed by atoms with E-state index in [1.165, 1.54) is 26.2 Å². The molecule has 3 rings (SSSR count). The van der Waals surface area contributed by atoms with Crippen LogP contribution in [-0.2, 0) is 9.59 Å². The third-order valence-corrected chi connectivity index (χ3v) is 6.86. The fourth-order valence-corrected chi connectivity index (χ4v) is 5.47. The fraction of sp³-hybridized carbons (Fsp3) is 0.619. The Labute approximate surface area is 177 Å². The number of likely N-dealkylation sites (tertiary alicyclic amines) is 1. The Morgan fingerprint density at radius 1 is 1.14 bits per heavy atom. The largest absolute Gasteiger partial charge is 0.493 e. The van der Waals surface area contributed by atoms with Crippen molar-refractivity contribution in [3.63, 3.8) is 0 Å². The summed E-state index contributed by atoms with van der Waals surface area (Å²) in [6.07, 6.45) is 3.77. The summed E-state index contributed by atoms with van der Waals surface area (Å²) >= 11 is 1.60. The van der Waals surface area contributed by atoms with Crippen LogP contribution >= 0.6 is 11.8 Å². The molecule has 2 amide bonds. The van der Waals surface area contributed by atoms with Gasteiger partial charge in [0.1, 0.15) is 11.4 Å². The average Bonchev–Trinajstić information content (AvgIpc) is 3.19. The maximum atomic E-state index is 12.8. The van der Waals surface area contributed by atoms with E-state index in [4.69, 9.17) is 9.47 Å². The summed E-state index contributed by atoms with van der Waals surface area (Å²) in [4.78, 5) is 29.3. The summed E-state index contributed by atoms with van der Waals surface area (Å²) in [5.41, 5.74) is 0.923. The van der Waals surface area contributed by atoms with Crippen LogP contribution in [0.2, 0.25) is 0 Å². The van der Waals surface area contributed by atoms with Gasteiger partial charge in [-0.25, -0.2) is 0 Å². The number of carbonyl (C=O) groups excluding carboxylic acids is 2. The van der Waals surface area contributed by atoms with Gasteiger partial charge in [-0.3, -0.25) is 9.59 Å². The van der Waals surface area contributed by atoms with Crippen molar-refractivity contribution in [3.05, 3.63) is 23.8 Å². The molecule has 0 aliphatic carbocycles. The van der Waals surface area contributed by atoms with Crippen molar-refractivity contribution >= 4 is 23.6 Å². The highest BCUT2D eigenvalue weighted by molar-refractivity contribution is 7.99. The normalized spacial score (nSPS) is 22.4. The maximum Gasteiger partial charge on any atom is 0.243 e. The number of hydrogen-bond acceptors (Lipinski definition) is 6. The first kappa shape index (κ1) is 21.8. The SMILES string of the molecule is COc1ccc(C2SCC(C(=O)NCCN3CCCCC3)N2C(C)=O)cc1OC. The number of methoxy groups -OCH3 is 2. The molecular weight excluding hydrogens is 390 g/mol. The molecule has 1 N–H and O–H groups in total. The van der Waals surface area contributed by atoms with Gasteiger partial charge in [0.2, 0.25) is 11.8 Å². The van der Waals surface area contributed by atoms with Crippen LogP contribution in [0.25, 0.3) is 0 Å². The van der Waals surface area contributed by atoms with E-state index in [0.717, 1.165) is 25.2 Å². The summed E-state index contributed by atoms with van der Waals surface area (Å²) < 4.78 is 10.7. The van der Waals surface area contributed by atoms with Crippen molar-refractivity contribution in [2.75, 3.05) is 46.2 Å². The highest BCUT2D eigenvalue weighted by Gasteiger charge is 2.41. The number of piperidine rings is 1. The van der Waals surface area contributed by atoms with Gasteiger partial charge in [-0.15, -0.1) is 11.8 Å². The standard InChI is InChI=1S/C21H31N3O4S/c1-15(25)24-17(20(26)22-9-12-23-10-5-4-6-11-23)14-29-21(24)16-7-8-18(27-2)19(13-16)28-3/h7-8,13,17,21H,4-6,9-12,14H2,1-3H3,(H,22,26). The van der Waals surface area contributed by atoms with Gasteiger partial charge in [0, 0.05) is 25.8 Å². The van der Waals surface area contributed by atoms with Gasteiger partial charge in [-0.05, 0) is 43.6 Å². The monoisotopic (exact) mass is 421 g/mol. The Balaban J connectivity index is 1.64. The number of carbonyl (C=O) groups is 2. The predicted molar refractivity (Wildman–Crippen MR) is 114 cm³/mol. The number of amides is 2. The minimum absolute atomic E-state index is 0.0762. The zero-order chi connectivity index (χ0) is 20.8. The molecule has 160 valence electrons. The summed E-state index contributed by atoms with van der Waals surface area (Å²) in [6.45, 7) is 5.22. The van der Waals surface area contributed by atoms with Crippen LogP contribution in [0, 0.1) is 0 Å². The molecule has 29 heavy (non-hydrogen) atoms. The first-order valence-electron chi connectivity index (χ1n) is 10.2. The van der Waals surface area contributed by atoms with Crippen LogP contribution in [0.15, 0.2) is 18.2 Å². The molecule has 0 bridgehead atoms. The maximum absolute atomic E-state index is 12.8. The van der Waals surface area contributed by atoms with E-state index in [0.29, 0.717) is 23.8 Å². The Hall–Kier alpha value is -1.93. The van der Waals surface area contributed by atoms with E-state index in [-0.39, 0.29) is 17.2 Å². The fourth-order valence-electron chi connectivity index (χ4n) is 3.99. The molecule has 7 nitrogen and oxygen atoms in total. The molecule has 2 saturated heterocycles. The number of nitrogens with zero attached hydrogens (tertiary/aromatic N) is 2. The van der Waals surface area contributed by atoms with E-state index >= 15 is 0 Å². The predicted octanol–water partition coefficient (Wildman–Crippen LogP) is 2.27. The van der Waals surface area contributed by atoms with Crippen molar-refractivity contribution < 1.29 is 19.1 Å². The van der Waals surface area contributed by atoms with Crippen LogP contribution < -0.4 is 14.8 Å². The van der Waals surface area contributed by atoms with E-state index in [1.807, 2.05) is 18.2 Å². The number of ether oxygens (including phenoxy) is 2. The Morgan fingerprint density at radius 3 is 2.52 bits per heavy atom. The smallest absolute Gasteiger partial charge is 0.243 e. The number of benzene rings is 1. The van der Waals surface area contributed by atoms with Gasteiger partial charge in [0.15, 0.2) is 11.5 Å². The Bertz CT molecular complexity index is 724. The molecule has 2 unspecified atom stereocenters. The molecule has 0 saturated carbocycles. The van der Waals surface area contributed by atoms with Crippen molar-refractivity contribution in [2.24, 2.45) is 0 Å². The van der Waals surface area contributed by atoms with Crippen molar-refractivity contribution in [2.45, 2.75) is 37.6 Å². The van der Waals surface area contributed by atoms with Gasteiger partial charge in [0.05, 0.1) is 14.2 Å². The Morgan fingerprint density at radius 2 is 1.86 bits per heavy atom. The van der Waals surface area contributed by atoms with Crippen molar-refractivity contribution in [1.29, 1.82) is 0 Å². The minimum Gasteiger partial charge on any atom is -0.493 e. The number of hydrogen-bond donors (Lipinski definition) is 1. The number of nitrogens with one attached hydrogen (secondary N) is 1. The van der Waals surface area contributed by atoms with Crippen LogP contribution in [0.3, 0.4) is 0 Å². The van der Waals surface area contributed by atoms with Gasteiger partial charge in [-0.1, -0.05) is 12.5 Å². The third-order valence-electron chi connectivity index (χ3n) is 5.54. The van der Waals surface area contributed by atoms with Crippen LogP contribution in [-0.4, -0.2) is 73.8 Å². The lowest BCUT2D eigenvalue weighted by atomic mass is 10.1. The molecule has 8 heteroatoms. The zero-order valence-corrected chi connectivity index (χ0v) is 18.3. The lowest BCUT2D eigenvalue weighted by Gasteiger charge is -2.29. The molecule has 0 spiro atoms. The van der Waals surface area contributed by atoms with Crippen molar-refractivity contribution in [3.8, 4) is 11.5 Å². The van der Waals surface area contributed by atoms with Crippen LogP contribution in [0.1, 0.15) is 37.1 Å². The molecule has 2 fully saturated rings. The molecule has 1 aromatic rings. The summed E-state index contributed by atoms with van der Waals surface area (Å²) in [5.74, 6) is 1.65. The highest BCUT2D eigenvalue weighted by atomic mass is 32.2. The molecule has 0 aromatic heterocycles. The lowest BCUT2D eigenvalue weighted by Crippen LogP contribution is -2.48. The zero-order valence-electron chi connectivity index (χ0n) is 17.5. The lowest BCUT2D eigenvalue weighted by molar-refractivity contribution is -0.138. The number of rotatable bonds is 7. The van der Waals surface area contributed by atoms with E-state index in [9.17, 15) is 9.59 Å². The molecule has 2 heterocycles. The Kier molecular flexibility index (Phi) is 7.66. The summed E-state index contributed by atoms with van der Waals surface area (Å²) in [6, 6.07) is 5.17. The first-order chi connectivity index (χ1) is 14.0. The molecule has 0 radical (unpaired) electrons. The van der Waals surface area contributed by atoms with Gasteiger partial charge in [0.25, 0.3) is 0 Å². The highest BCUT2D eigenvalue weighted by Crippen LogP contribution is 2.43. The van der Waals surface area contributed by atoms with Crippen LogP contribution in [0.5, 0.6) is 11.5 Å². The van der Waals surface area contributed by atoms with E-state index in [2.05, 4.69) is 10.2 Å². The molecule has 2 atom stereocenters. The summed E-state index contributed by atoms with van der Waals surface area (Å²) in [5, 5.41) is 2.82. The topological polar surface area (TPSA) is 71.1 Å².